The number of furan rings is 1. The molecule has 2 aliphatic rings. The lowest BCUT2D eigenvalue weighted by molar-refractivity contribution is -0.115. The van der Waals surface area contributed by atoms with Crippen LogP contribution in [0, 0.1) is 0 Å². The second-order valence-corrected chi connectivity index (χ2v) is 7.85. The van der Waals surface area contributed by atoms with Crippen LogP contribution in [0.3, 0.4) is 0 Å². The van der Waals surface area contributed by atoms with E-state index in [1.807, 2.05) is 30.3 Å². The van der Waals surface area contributed by atoms with E-state index >= 15 is 0 Å². The molecule has 1 amide bonds. The number of hydrogen-bond donors (Lipinski definition) is 1. The van der Waals surface area contributed by atoms with Gasteiger partial charge < -0.3 is 9.73 Å². The molecular weight excluding hydrogens is 348 g/mol. The van der Waals surface area contributed by atoms with Crippen molar-refractivity contribution in [3.8, 4) is 11.6 Å². The summed E-state index contributed by atoms with van der Waals surface area (Å²) in [5.74, 6) is 1.50. The number of fused-ring (bicyclic) bond motifs is 1. The molecule has 132 valence electrons. The Balaban J connectivity index is 1.43. The summed E-state index contributed by atoms with van der Waals surface area (Å²) >= 11 is 1.51. The highest BCUT2D eigenvalue weighted by Crippen LogP contribution is 2.42. The predicted octanol–water partition coefficient (Wildman–Crippen LogP) is 3.92. The first-order valence-corrected chi connectivity index (χ1v) is 9.72. The van der Waals surface area contributed by atoms with Crippen LogP contribution in [0.2, 0.25) is 0 Å². The smallest absolute Gasteiger partial charge is 0.237 e. The van der Waals surface area contributed by atoms with Gasteiger partial charge in [-0.15, -0.1) is 10.2 Å². The number of hydrogen-bond acceptors (Lipinski definition) is 5. The summed E-state index contributed by atoms with van der Waals surface area (Å²) in [4.78, 5) is 12.7. The SMILES string of the molecule is O=C1Nc2ccccc2CCC1Sc1nnc(-c2ccco2)n1C1CC1. The Bertz CT molecular complexity index is 946. The topological polar surface area (TPSA) is 73.0 Å². The lowest BCUT2D eigenvalue weighted by Crippen LogP contribution is -2.24. The molecule has 1 saturated carbocycles. The van der Waals surface area contributed by atoms with Crippen LogP contribution in [0.1, 0.15) is 30.9 Å². The minimum Gasteiger partial charge on any atom is -0.461 e. The van der Waals surface area contributed by atoms with E-state index < -0.39 is 0 Å². The second-order valence-electron chi connectivity index (χ2n) is 6.68. The first kappa shape index (κ1) is 15.7. The summed E-state index contributed by atoms with van der Waals surface area (Å²) in [6.07, 6.45) is 5.52. The van der Waals surface area contributed by atoms with E-state index in [0.717, 1.165) is 42.4 Å². The molecule has 1 aromatic carbocycles. The third kappa shape index (κ3) is 2.82. The lowest BCUT2D eigenvalue weighted by atomic mass is 10.1. The minimum atomic E-state index is -0.187. The van der Waals surface area contributed by atoms with Crippen LogP contribution in [-0.4, -0.2) is 25.9 Å². The Hall–Kier alpha value is -2.54. The first-order valence-electron chi connectivity index (χ1n) is 8.84. The Kier molecular flexibility index (Phi) is 3.81. The number of aromatic nitrogens is 3. The number of amides is 1. The maximum absolute atomic E-state index is 12.7. The van der Waals surface area contributed by atoms with E-state index in [1.165, 1.54) is 17.3 Å². The summed E-state index contributed by atoms with van der Waals surface area (Å²) in [5, 5.41) is 12.4. The van der Waals surface area contributed by atoms with Gasteiger partial charge in [-0.25, -0.2) is 0 Å². The molecule has 6 nitrogen and oxygen atoms in total. The summed E-state index contributed by atoms with van der Waals surface area (Å²) < 4.78 is 7.65. The highest BCUT2D eigenvalue weighted by Gasteiger charge is 2.33. The molecule has 3 heterocycles. The van der Waals surface area contributed by atoms with Gasteiger partial charge in [-0.3, -0.25) is 9.36 Å². The number of rotatable bonds is 4. The highest BCUT2D eigenvalue weighted by atomic mass is 32.2. The quantitative estimate of drug-likeness (QED) is 0.758. The van der Waals surface area contributed by atoms with E-state index in [1.54, 1.807) is 6.26 Å². The zero-order valence-corrected chi connectivity index (χ0v) is 14.9. The molecule has 0 radical (unpaired) electrons. The maximum atomic E-state index is 12.7. The van der Waals surface area contributed by atoms with Gasteiger partial charge in [0, 0.05) is 11.7 Å². The molecule has 0 saturated heterocycles. The molecule has 1 atom stereocenters. The molecule has 1 aliphatic heterocycles. The third-order valence-electron chi connectivity index (χ3n) is 4.81. The van der Waals surface area contributed by atoms with Gasteiger partial charge in [-0.2, -0.15) is 0 Å². The van der Waals surface area contributed by atoms with Gasteiger partial charge in [0.1, 0.15) is 0 Å². The standard InChI is InChI=1S/C19H18N4O2S/c24-18-16(10-7-12-4-1-2-5-14(12)20-18)26-19-22-21-17(15-6-3-11-25-15)23(19)13-8-9-13/h1-6,11,13,16H,7-10H2,(H,20,24). The fraction of sp³-hybridized carbons (Fsp3) is 0.316. The average molecular weight is 366 g/mol. The molecule has 1 fully saturated rings. The number of carbonyl (C=O) groups is 1. The van der Waals surface area contributed by atoms with Gasteiger partial charge in [0.25, 0.3) is 0 Å². The van der Waals surface area contributed by atoms with Crippen molar-refractivity contribution in [1.82, 2.24) is 14.8 Å². The van der Waals surface area contributed by atoms with Crippen LogP contribution < -0.4 is 5.32 Å². The summed E-state index contributed by atoms with van der Waals surface area (Å²) in [7, 11) is 0. The van der Waals surface area contributed by atoms with Crippen molar-refractivity contribution in [2.45, 2.75) is 42.1 Å². The molecule has 7 heteroatoms. The van der Waals surface area contributed by atoms with Crippen LogP contribution in [0.4, 0.5) is 5.69 Å². The fourth-order valence-electron chi connectivity index (χ4n) is 3.32. The predicted molar refractivity (Wildman–Crippen MR) is 99.0 cm³/mol. The van der Waals surface area contributed by atoms with Crippen LogP contribution in [0.5, 0.6) is 0 Å². The van der Waals surface area contributed by atoms with Crippen LogP contribution in [0.15, 0.2) is 52.2 Å². The Morgan fingerprint density at radius 1 is 1.12 bits per heavy atom. The average Bonchev–Trinajstić information content (AvgIpc) is 3.22. The molecule has 2 aromatic heterocycles. The number of nitrogens with one attached hydrogen (secondary N) is 1. The highest BCUT2D eigenvalue weighted by molar-refractivity contribution is 8.00. The minimum absolute atomic E-state index is 0.0323. The monoisotopic (exact) mass is 366 g/mol. The number of carbonyl (C=O) groups excluding carboxylic acids is 1. The third-order valence-corrected chi connectivity index (χ3v) is 6.03. The first-order chi connectivity index (χ1) is 12.8. The van der Waals surface area contributed by atoms with Crippen molar-refractivity contribution in [2.24, 2.45) is 0 Å². The van der Waals surface area contributed by atoms with Crippen LogP contribution in [-0.2, 0) is 11.2 Å². The van der Waals surface area contributed by atoms with Gasteiger partial charge in [-0.05, 0) is 49.4 Å². The van der Waals surface area contributed by atoms with Crippen molar-refractivity contribution in [2.75, 3.05) is 5.32 Å². The maximum Gasteiger partial charge on any atom is 0.237 e. The molecule has 3 aromatic rings. The van der Waals surface area contributed by atoms with E-state index in [-0.39, 0.29) is 11.2 Å². The molecule has 1 unspecified atom stereocenters. The zero-order valence-electron chi connectivity index (χ0n) is 14.1. The van der Waals surface area contributed by atoms with Gasteiger partial charge in [0.05, 0.1) is 11.5 Å². The molecule has 0 spiro atoms. The van der Waals surface area contributed by atoms with Gasteiger partial charge in [-0.1, -0.05) is 30.0 Å². The lowest BCUT2D eigenvalue weighted by Gasteiger charge is -2.13. The van der Waals surface area contributed by atoms with Crippen molar-refractivity contribution in [3.05, 3.63) is 48.2 Å². The fourth-order valence-corrected chi connectivity index (χ4v) is 4.42. The number of thioether (sulfide) groups is 1. The molecule has 1 N–H and O–H groups in total. The summed E-state index contributed by atoms with van der Waals surface area (Å²) in [6, 6.07) is 12.1. The van der Waals surface area contributed by atoms with E-state index in [4.69, 9.17) is 4.42 Å². The number of nitrogens with zero attached hydrogens (tertiary/aromatic N) is 3. The Labute approximate surface area is 155 Å². The molecule has 1 aliphatic carbocycles. The van der Waals surface area contributed by atoms with E-state index in [2.05, 4.69) is 26.1 Å². The summed E-state index contributed by atoms with van der Waals surface area (Å²) in [6.45, 7) is 0. The second kappa shape index (κ2) is 6.32. The van der Waals surface area contributed by atoms with Crippen molar-refractivity contribution >= 4 is 23.4 Å². The molecule has 5 rings (SSSR count). The molecular formula is C19H18N4O2S. The van der Waals surface area contributed by atoms with E-state index in [0.29, 0.717) is 11.8 Å². The van der Waals surface area contributed by atoms with E-state index in [9.17, 15) is 4.79 Å². The van der Waals surface area contributed by atoms with Crippen LogP contribution in [0.25, 0.3) is 11.6 Å². The Morgan fingerprint density at radius 3 is 2.81 bits per heavy atom. The number of benzene rings is 1. The number of anilines is 1. The summed E-state index contributed by atoms with van der Waals surface area (Å²) in [5.41, 5.74) is 2.10. The molecule has 26 heavy (non-hydrogen) atoms. The normalized spacial score (nSPS) is 19.7. The van der Waals surface area contributed by atoms with Gasteiger partial charge in [0.2, 0.25) is 11.7 Å². The van der Waals surface area contributed by atoms with Gasteiger partial charge in [0.15, 0.2) is 10.9 Å². The van der Waals surface area contributed by atoms with Crippen molar-refractivity contribution < 1.29 is 9.21 Å². The number of aryl methyl sites for hydroxylation is 1. The largest absolute Gasteiger partial charge is 0.461 e. The Morgan fingerprint density at radius 2 is 2.00 bits per heavy atom. The molecule has 0 bridgehead atoms. The van der Waals surface area contributed by atoms with Crippen LogP contribution >= 0.6 is 11.8 Å². The number of para-hydroxylation sites is 1. The van der Waals surface area contributed by atoms with Crippen molar-refractivity contribution in [3.63, 3.8) is 0 Å². The zero-order chi connectivity index (χ0) is 17.5. The van der Waals surface area contributed by atoms with Gasteiger partial charge >= 0.3 is 0 Å². The van der Waals surface area contributed by atoms with Crippen molar-refractivity contribution in [1.29, 1.82) is 0 Å².